The topological polar surface area (TPSA) is 27.3 Å². The van der Waals surface area contributed by atoms with E-state index in [0.29, 0.717) is 0 Å². The van der Waals surface area contributed by atoms with Crippen molar-refractivity contribution >= 4 is 0 Å². The van der Waals surface area contributed by atoms with Gasteiger partial charge in [-0.1, -0.05) is 68.1 Å². The molecule has 0 amide bonds. The Balaban J connectivity index is 0.000000364. The van der Waals surface area contributed by atoms with E-state index >= 15 is 0 Å². The zero-order chi connectivity index (χ0) is 52.7. The molecule has 0 fully saturated rings. The molecule has 5 atom stereocenters. The zero-order valence-corrected chi connectivity index (χ0v) is 37.6. The van der Waals surface area contributed by atoms with Crippen molar-refractivity contribution in [1.82, 2.24) is 15.5 Å². The number of nitrogens with one attached hydrogen (secondary N) is 2. The van der Waals surface area contributed by atoms with Crippen molar-refractivity contribution in [2.75, 3.05) is 14.1 Å². The van der Waals surface area contributed by atoms with Crippen LogP contribution < -0.4 is 10.6 Å². The van der Waals surface area contributed by atoms with Gasteiger partial charge in [-0.25, -0.2) is 0 Å². The summed E-state index contributed by atoms with van der Waals surface area (Å²) in [5.74, 6) is 0. The Morgan fingerprint density at radius 1 is 0.343 bits per heavy atom. The summed E-state index contributed by atoms with van der Waals surface area (Å²) in [6, 6.07) is 20.9. The molecular formula is C49H51F18N3. The van der Waals surface area contributed by atoms with Crippen molar-refractivity contribution in [2.24, 2.45) is 0 Å². The molecule has 21 heteroatoms. The molecule has 3 nitrogen and oxygen atoms in total. The van der Waals surface area contributed by atoms with Crippen LogP contribution in [0.2, 0.25) is 0 Å². The van der Waals surface area contributed by atoms with Gasteiger partial charge in [0.15, 0.2) is 0 Å². The number of nitrogens with zero attached hydrogens (tertiary/aromatic N) is 1. The van der Waals surface area contributed by atoms with Gasteiger partial charge >= 0.3 is 37.1 Å². The third-order valence-electron chi connectivity index (χ3n) is 11.0. The monoisotopic (exact) mass is 1020 g/mol. The van der Waals surface area contributed by atoms with Crippen LogP contribution in [0.3, 0.4) is 0 Å². The minimum Gasteiger partial charge on any atom is -0.313 e. The molecule has 70 heavy (non-hydrogen) atoms. The van der Waals surface area contributed by atoms with Crippen molar-refractivity contribution in [3.8, 4) is 0 Å². The van der Waals surface area contributed by atoms with Gasteiger partial charge in [0.2, 0.25) is 0 Å². The Bertz CT molecular complexity index is 2290. The Morgan fingerprint density at radius 3 is 0.871 bits per heavy atom. The number of hydrogen-bond acceptors (Lipinski definition) is 3. The summed E-state index contributed by atoms with van der Waals surface area (Å²) in [4.78, 5) is 1.74. The van der Waals surface area contributed by atoms with Crippen molar-refractivity contribution < 1.29 is 79.0 Å². The molecule has 0 radical (unpaired) electrons. The van der Waals surface area contributed by atoms with E-state index < -0.39 is 88.6 Å². The van der Waals surface area contributed by atoms with Crippen LogP contribution >= 0.6 is 0 Å². The Kier molecular flexibility index (Phi) is 20.6. The lowest BCUT2D eigenvalue weighted by atomic mass is 9.97. The van der Waals surface area contributed by atoms with Crippen LogP contribution in [0.1, 0.15) is 133 Å². The van der Waals surface area contributed by atoms with Crippen molar-refractivity contribution in [2.45, 2.75) is 109 Å². The fourth-order valence-corrected chi connectivity index (χ4v) is 6.69. The van der Waals surface area contributed by atoms with Crippen LogP contribution in [0.25, 0.3) is 0 Å². The van der Waals surface area contributed by atoms with Crippen molar-refractivity contribution in [1.29, 1.82) is 0 Å². The quantitative estimate of drug-likeness (QED) is 0.137. The molecule has 2 N–H and O–H groups in total. The molecule has 0 saturated carbocycles. The smallest absolute Gasteiger partial charge is 0.313 e. The Morgan fingerprint density at radius 2 is 0.586 bits per heavy atom. The standard InChI is InChI=1S/C19H19F6N.C18H17F6N.C11H11F6N.CH4/c1-12(14-7-5-4-6-8-14)26(3)13(2)15-9-16(18(20,21)22)11-17(10-15)19(23,24)25;1-11(13-6-4-3-5-7-13)25-12(2)14-8-15(17(19,20)21)10-16(9-14)18(22,23)24;1-6(18-2)7-3-8(10(12,13)14)5-9(4-7)11(15,16)17;/h4-13H,1-3H3;3-12,25H,1-2H3;3-6,18H,1-2H3;1H4. The largest absolute Gasteiger partial charge is 0.416 e. The van der Waals surface area contributed by atoms with E-state index in [4.69, 9.17) is 0 Å². The van der Waals surface area contributed by atoms with E-state index in [-0.39, 0.29) is 54.4 Å². The number of halogens is 18. The molecule has 0 spiro atoms. The maximum absolute atomic E-state index is 13.0. The lowest BCUT2D eigenvalue weighted by molar-refractivity contribution is -0.144. The first kappa shape index (κ1) is 60.8. The molecule has 0 aliphatic heterocycles. The molecule has 0 saturated heterocycles. The second-order valence-corrected chi connectivity index (χ2v) is 16.0. The van der Waals surface area contributed by atoms with Gasteiger partial charge in [0.25, 0.3) is 0 Å². The van der Waals surface area contributed by atoms with E-state index in [0.717, 1.165) is 47.5 Å². The van der Waals surface area contributed by atoms with Gasteiger partial charge in [-0.15, -0.1) is 0 Å². The average molecular weight is 1020 g/mol. The minimum atomic E-state index is -4.85. The van der Waals surface area contributed by atoms with Crippen molar-refractivity contribution in [3.05, 3.63) is 176 Å². The van der Waals surface area contributed by atoms with Crippen molar-refractivity contribution in [3.63, 3.8) is 0 Å². The SMILES string of the molecule is C.CC(NC(C)c1cc(C(F)(F)F)cc(C(F)(F)F)c1)c1ccccc1.CC(c1ccccc1)N(C)C(C)c1cc(C(F)(F)F)cc(C(F)(F)F)c1.CNC(C)c1cc(C(F)(F)F)cc(C(F)(F)F)c1. The molecule has 5 unspecified atom stereocenters. The van der Waals surface area contributed by atoms with Gasteiger partial charge in [0, 0.05) is 30.2 Å². The van der Waals surface area contributed by atoms with E-state index in [2.05, 4.69) is 10.6 Å². The Labute approximate surface area is 393 Å². The molecule has 0 aliphatic rings. The first-order valence-corrected chi connectivity index (χ1v) is 20.6. The average Bonchev–Trinajstić information content (AvgIpc) is 3.26. The summed E-state index contributed by atoms with van der Waals surface area (Å²) in [7, 11) is 3.13. The highest BCUT2D eigenvalue weighted by molar-refractivity contribution is 5.38. The minimum absolute atomic E-state index is 0. The Hall–Kier alpha value is -5.28. The van der Waals surface area contributed by atoms with Gasteiger partial charge in [-0.2, -0.15) is 79.0 Å². The molecule has 0 aromatic heterocycles. The van der Waals surface area contributed by atoms with Gasteiger partial charge in [-0.05, 0) is 131 Å². The second kappa shape index (κ2) is 23.8. The van der Waals surface area contributed by atoms with E-state index in [1.165, 1.54) is 20.9 Å². The second-order valence-electron chi connectivity index (χ2n) is 16.0. The molecule has 388 valence electrons. The first-order chi connectivity index (χ1) is 31.4. The van der Waals surface area contributed by atoms with E-state index in [1.54, 1.807) is 25.8 Å². The molecule has 5 aromatic carbocycles. The van der Waals surface area contributed by atoms with Gasteiger partial charge in [0.1, 0.15) is 0 Å². The maximum Gasteiger partial charge on any atom is 0.416 e. The van der Waals surface area contributed by atoms with Crippen LogP contribution in [0.5, 0.6) is 0 Å². The first-order valence-electron chi connectivity index (χ1n) is 20.6. The summed E-state index contributed by atoms with van der Waals surface area (Å²) in [6.45, 7) is 8.26. The molecule has 5 aromatic rings. The fraction of sp³-hybridized carbons (Fsp3) is 0.388. The summed E-state index contributed by atoms with van der Waals surface area (Å²) in [5.41, 5.74) is -6.14. The third kappa shape index (κ3) is 17.5. The number of rotatable bonds is 10. The molecule has 0 bridgehead atoms. The summed E-state index contributed by atoms with van der Waals surface area (Å²) in [6.07, 6.45) is -29.0. The van der Waals surface area contributed by atoms with Gasteiger partial charge in [0.05, 0.1) is 33.4 Å². The third-order valence-corrected chi connectivity index (χ3v) is 11.0. The van der Waals surface area contributed by atoms with Crippen LogP contribution in [0, 0.1) is 0 Å². The normalized spacial score (nSPS) is 14.8. The van der Waals surface area contributed by atoms with Crippen LogP contribution in [-0.2, 0) is 37.1 Å². The zero-order valence-electron chi connectivity index (χ0n) is 37.6. The summed E-state index contributed by atoms with van der Waals surface area (Å²) >= 11 is 0. The maximum atomic E-state index is 13.0. The van der Waals surface area contributed by atoms with Crippen LogP contribution in [0.15, 0.2) is 115 Å². The predicted octanol–water partition coefficient (Wildman–Crippen LogP) is 17.3. The van der Waals surface area contributed by atoms with E-state index in [1.807, 2.05) is 67.6 Å². The van der Waals surface area contributed by atoms with Crippen LogP contribution in [0.4, 0.5) is 79.0 Å². The number of alkyl halides is 18. The molecular weight excluding hydrogens is 973 g/mol. The lowest BCUT2D eigenvalue weighted by Gasteiger charge is -2.32. The highest BCUT2D eigenvalue weighted by Crippen LogP contribution is 2.41. The number of benzene rings is 5. The number of hydrogen-bond donors (Lipinski definition) is 2. The molecule has 0 heterocycles. The van der Waals surface area contributed by atoms with Gasteiger partial charge < -0.3 is 10.6 Å². The van der Waals surface area contributed by atoms with E-state index in [9.17, 15) is 79.0 Å². The fourth-order valence-electron chi connectivity index (χ4n) is 6.69. The summed E-state index contributed by atoms with van der Waals surface area (Å²) in [5, 5.41) is 5.64. The predicted molar refractivity (Wildman–Crippen MR) is 231 cm³/mol. The molecule has 5 rings (SSSR count). The highest BCUT2D eigenvalue weighted by atomic mass is 19.4. The highest BCUT2D eigenvalue weighted by Gasteiger charge is 2.40. The summed E-state index contributed by atoms with van der Waals surface area (Å²) < 4.78 is 231. The molecule has 0 aliphatic carbocycles. The van der Waals surface area contributed by atoms with Crippen LogP contribution in [-0.4, -0.2) is 19.0 Å². The lowest BCUT2D eigenvalue weighted by Crippen LogP contribution is -2.26. The van der Waals surface area contributed by atoms with Gasteiger partial charge in [-0.3, -0.25) is 4.90 Å².